The molecular weight excluding hydrogens is 386 g/mol. The van der Waals surface area contributed by atoms with Crippen molar-refractivity contribution in [1.82, 2.24) is 0 Å². The molecule has 3 rings (SSSR count). The highest BCUT2D eigenvalue weighted by Crippen LogP contribution is 2.29. The van der Waals surface area contributed by atoms with Crippen molar-refractivity contribution in [2.24, 2.45) is 0 Å². The summed E-state index contributed by atoms with van der Waals surface area (Å²) < 4.78 is 30.6. The second-order valence-corrected chi connectivity index (χ2v) is 6.86. The fraction of sp³-hybridized carbons (Fsp3) is 0.0500. The lowest BCUT2D eigenvalue weighted by Crippen LogP contribution is -2.19. The average molecular weight is 402 g/mol. The quantitative estimate of drug-likeness (QED) is 0.358. The molecule has 0 fully saturated rings. The highest BCUT2D eigenvalue weighted by atomic mass is 32.2. The summed E-state index contributed by atoms with van der Waals surface area (Å²) in [4.78, 5) is 0.496. The number of thiocarbonyl (C=S) groups is 1. The number of halogens is 2. The van der Waals surface area contributed by atoms with Crippen molar-refractivity contribution in [3.05, 3.63) is 78.9 Å². The van der Waals surface area contributed by atoms with Gasteiger partial charge in [0, 0.05) is 10.6 Å². The number of hydrogen-bond acceptors (Lipinski definition) is 3. The number of thioether (sulfide) groups is 1. The Kier molecular flexibility index (Phi) is 6.62. The van der Waals surface area contributed by atoms with Gasteiger partial charge in [-0.2, -0.15) is 8.78 Å². The molecule has 0 aliphatic rings. The van der Waals surface area contributed by atoms with E-state index in [2.05, 4.69) is 10.6 Å². The van der Waals surface area contributed by atoms with Gasteiger partial charge in [0.15, 0.2) is 10.9 Å². The molecule has 0 spiro atoms. The minimum Gasteiger partial charge on any atom is -0.455 e. The minimum absolute atomic E-state index is 0.369. The van der Waals surface area contributed by atoms with Crippen molar-refractivity contribution < 1.29 is 13.5 Å². The van der Waals surface area contributed by atoms with Crippen molar-refractivity contribution in [2.75, 3.05) is 10.6 Å². The number of para-hydroxylation sites is 3. The molecule has 0 unspecified atom stereocenters. The third-order valence-corrected chi connectivity index (χ3v) is 4.37. The Morgan fingerprint density at radius 2 is 1.52 bits per heavy atom. The first-order chi connectivity index (χ1) is 13.1. The molecular formula is C20H16F2N2OS2. The van der Waals surface area contributed by atoms with E-state index >= 15 is 0 Å². The standard InChI is InChI=1S/C20H16F2N2OS2/c21-19(22)27-16-12-10-14(11-13-16)23-20(26)24-17-8-4-5-9-18(17)25-15-6-2-1-3-7-15/h1-13,19H,(H2,23,24,26). The van der Waals surface area contributed by atoms with Crippen LogP contribution in [0.2, 0.25) is 0 Å². The highest BCUT2D eigenvalue weighted by Gasteiger charge is 2.08. The Balaban J connectivity index is 1.64. The van der Waals surface area contributed by atoms with Crippen molar-refractivity contribution in [3.8, 4) is 11.5 Å². The van der Waals surface area contributed by atoms with E-state index in [1.165, 1.54) is 0 Å². The van der Waals surface area contributed by atoms with Gasteiger partial charge in [0.2, 0.25) is 0 Å². The second-order valence-electron chi connectivity index (χ2n) is 5.39. The summed E-state index contributed by atoms with van der Waals surface area (Å²) in [7, 11) is 0. The molecule has 0 saturated heterocycles. The monoisotopic (exact) mass is 402 g/mol. The van der Waals surface area contributed by atoms with Gasteiger partial charge in [-0.25, -0.2) is 0 Å². The summed E-state index contributed by atoms with van der Waals surface area (Å²) in [5, 5.41) is 6.50. The number of benzene rings is 3. The van der Waals surface area contributed by atoms with Crippen LogP contribution in [0.15, 0.2) is 83.8 Å². The molecule has 27 heavy (non-hydrogen) atoms. The van der Waals surface area contributed by atoms with Crippen LogP contribution in [0, 0.1) is 0 Å². The summed E-state index contributed by atoms with van der Waals surface area (Å²) >= 11 is 5.85. The first-order valence-corrected chi connectivity index (χ1v) is 9.34. The van der Waals surface area contributed by atoms with Crippen molar-refractivity contribution in [2.45, 2.75) is 10.7 Å². The fourth-order valence-electron chi connectivity index (χ4n) is 2.28. The molecule has 0 aliphatic carbocycles. The van der Waals surface area contributed by atoms with Gasteiger partial charge in [-0.05, 0) is 60.7 Å². The molecule has 0 bridgehead atoms. The number of alkyl halides is 2. The number of anilines is 2. The maximum Gasteiger partial charge on any atom is 0.288 e. The molecule has 3 aromatic rings. The first-order valence-electron chi connectivity index (χ1n) is 8.05. The molecule has 0 saturated carbocycles. The van der Waals surface area contributed by atoms with Crippen molar-refractivity contribution in [1.29, 1.82) is 0 Å². The molecule has 2 N–H and O–H groups in total. The van der Waals surface area contributed by atoms with Crippen LogP contribution in [0.4, 0.5) is 20.2 Å². The molecule has 0 aliphatic heterocycles. The van der Waals surface area contributed by atoms with Crippen LogP contribution in [-0.2, 0) is 0 Å². The van der Waals surface area contributed by atoms with E-state index in [-0.39, 0.29) is 0 Å². The first kappa shape index (κ1) is 19.1. The smallest absolute Gasteiger partial charge is 0.288 e. The lowest BCUT2D eigenvalue weighted by molar-refractivity contribution is 0.252. The predicted molar refractivity (Wildman–Crippen MR) is 111 cm³/mol. The Morgan fingerprint density at radius 1 is 0.852 bits per heavy atom. The minimum atomic E-state index is -2.44. The number of nitrogens with one attached hydrogen (secondary N) is 2. The molecule has 7 heteroatoms. The largest absolute Gasteiger partial charge is 0.455 e. The lowest BCUT2D eigenvalue weighted by Gasteiger charge is -2.15. The van der Waals surface area contributed by atoms with Crippen LogP contribution < -0.4 is 15.4 Å². The van der Waals surface area contributed by atoms with Gasteiger partial charge in [-0.15, -0.1) is 0 Å². The number of rotatable bonds is 6. The van der Waals surface area contributed by atoms with E-state index in [9.17, 15) is 8.78 Å². The van der Waals surface area contributed by atoms with Crippen LogP contribution in [0.25, 0.3) is 0 Å². The maximum absolute atomic E-state index is 12.4. The zero-order valence-electron chi connectivity index (χ0n) is 14.1. The van der Waals surface area contributed by atoms with Gasteiger partial charge < -0.3 is 15.4 Å². The Labute approximate surface area is 165 Å². The summed E-state index contributed by atoms with van der Waals surface area (Å²) in [6.07, 6.45) is 0. The van der Waals surface area contributed by atoms with E-state index < -0.39 is 5.76 Å². The molecule has 0 aromatic heterocycles. The zero-order chi connectivity index (χ0) is 19.1. The van der Waals surface area contributed by atoms with E-state index in [0.717, 1.165) is 5.75 Å². The Bertz CT molecular complexity index is 890. The average Bonchev–Trinajstić information content (AvgIpc) is 2.65. The van der Waals surface area contributed by atoms with Gasteiger partial charge in [-0.3, -0.25) is 0 Å². The number of hydrogen-bond donors (Lipinski definition) is 2. The molecule has 3 aromatic carbocycles. The maximum atomic E-state index is 12.4. The van der Waals surface area contributed by atoms with Crippen LogP contribution in [-0.4, -0.2) is 10.9 Å². The third-order valence-electron chi connectivity index (χ3n) is 3.44. The Morgan fingerprint density at radius 3 is 2.22 bits per heavy atom. The summed E-state index contributed by atoms with van der Waals surface area (Å²) in [5.74, 6) is -1.08. The van der Waals surface area contributed by atoms with Crippen LogP contribution in [0.1, 0.15) is 0 Å². The molecule has 0 heterocycles. The van der Waals surface area contributed by atoms with Crippen LogP contribution in [0.3, 0.4) is 0 Å². The van der Waals surface area contributed by atoms with Gasteiger partial charge in [0.1, 0.15) is 5.75 Å². The predicted octanol–water partition coefficient (Wildman–Crippen LogP) is 6.60. The third kappa shape index (κ3) is 5.94. The molecule has 0 amide bonds. The van der Waals surface area contributed by atoms with E-state index in [1.54, 1.807) is 24.3 Å². The van der Waals surface area contributed by atoms with Gasteiger partial charge in [0.25, 0.3) is 5.76 Å². The van der Waals surface area contributed by atoms with E-state index in [0.29, 0.717) is 38.9 Å². The van der Waals surface area contributed by atoms with Crippen LogP contribution >= 0.6 is 24.0 Å². The normalized spacial score (nSPS) is 10.5. The molecule has 3 nitrogen and oxygen atoms in total. The van der Waals surface area contributed by atoms with Gasteiger partial charge in [-0.1, -0.05) is 42.1 Å². The molecule has 0 atom stereocenters. The van der Waals surface area contributed by atoms with Crippen molar-refractivity contribution >= 4 is 40.5 Å². The summed E-state index contributed by atoms with van der Waals surface area (Å²) in [5.41, 5.74) is 1.41. The van der Waals surface area contributed by atoms with Crippen molar-refractivity contribution in [3.63, 3.8) is 0 Å². The topological polar surface area (TPSA) is 33.3 Å². The van der Waals surface area contributed by atoms with Gasteiger partial charge in [0.05, 0.1) is 5.69 Å². The van der Waals surface area contributed by atoms with Gasteiger partial charge >= 0.3 is 0 Å². The SMILES string of the molecule is FC(F)Sc1ccc(NC(=S)Nc2ccccc2Oc2ccccc2)cc1. The molecule has 138 valence electrons. The highest BCUT2D eigenvalue weighted by molar-refractivity contribution is 7.99. The van der Waals surface area contributed by atoms with E-state index in [1.807, 2.05) is 54.6 Å². The Hall–Kier alpha value is -2.64. The zero-order valence-corrected chi connectivity index (χ0v) is 15.7. The second kappa shape index (κ2) is 9.34. The lowest BCUT2D eigenvalue weighted by atomic mass is 10.3. The number of ether oxygens (including phenoxy) is 1. The fourth-order valence-corrected chi connectivity index (χ4v) is 3.01. The molecule has 0 radical (unpaired) electrons. The van der Waals surface area contributed by atoms with Crippen LogP contribution in [0.5, 0.6) is 11.5 Å². The summed E-state index contributed by atoms with van der Waals surface area (Å²) in [6.45, 7) is 0. The summed E-state index contributed by atoms with van der Waals surface area (Å²) in [6, 6.07) is 23.5. The van der Waals surface area contributed by atoms with E-state index in [4.69, 9.17) is 17.0 Å².